The summed E-state index contributed by atoms with van der Waals surface area (Å²) in [6.07, 6.45) is 2.54. The smallest absolute Gasteiger partial charge is 0.238 e. The SMILES string of the molecule is CNC(Cc1ccccc1)C(=O)NC(C=O)CCC=O. The zero-order valence-electron chi connectivity index (χ0n) is 11.5. The summed E-state index contributed by atoms with van der Waals surface area (Å²) in [5.74, 6) is -0.237. The number of carbonyl (C=O) groups is 3. The van der Waals surface area contributed by atoms with E-state index in [0.29, 0.717) is 19.1 Å². The van der Waals surface area contributed by atoms with Gasteiger partial charge in [0.25, 0.3) is 0 Å². The summed E-state index contributed by atoms with van der Waals surface area (Å²) in [6.45, 7) is 0. The van der Waals surface area contributed by atoms with Gasteiger partial charge in [-0.05, 0) is 25.5 Å². The molecular formula is C15H20N2O3. The molecule has 0 saturated heterocycles. The third kappa shape index (κ3) is 5.32. The summed E-state index contributed by atoms with van der Waals surface area (Å²) in [5, 5.41) is 5.58. The molecule has 108 valence electrons. The van der Waals surface area contributed by atoms with Crippen LogP contribution in [-0.4, -0.2) is 37.6 Å². The number of carbonyl (C=O) groups excluding carboxylic acids is 3. The van der Waals surface area contributed by atoms with Crippen LogP contribution in [0.2, 0.25) is 0 Å². The average Bonchev–Trinajstić information content (AvgIpc) is 2.49. The normalized spacial score (nSPS) is 13.2. The Bertz CT molecular complexity index is 434. The van der Waals surface area contributed by atoms with Crippen molar-refractivity contribution in [2.24, 2.45) is 0 Å². The van der Waals surface area contributed by atoms with Crippen LogP contribution in [0.4, 0.5) is 0 Å². The fraction of sp³-hybridized carbons (Fsp3) is 0.400. The minimum Gasteiger partial charge on any atom is -0.345 e. The van der Waals surface area contributed by atoms with Gasteiger partial charge in [-0.2, -0.15) is 0 Å². The van der Waals surface area contributed by atoms with Crippen molar-refractivity contribution in [1.82, 2.24) is 10.6 Å². The Kier molecular flexibility index (Phi) is 7.21. The zero-order valence-corrected chi connectivity index (χ0v) is 11.5. The Balaban J connectivity index is 2.57. The Morgan fingerprint density at radius 2 is 1.95 bits per heavy atom. The van der Waals surface area contributed by atoms with Gasteiger partial charge in [-0.3, -0.25) is 4.79 Å². The number of rotatable bonds is 9. The van der Waals surface area contributed by atoms with E-state index >= 15 is 0 Å². The van der Waals surface area contributed by atoms with Crippen molar-refractivity contribution in [1.29, 1.82) is 0 Å². The molecule has 0 aromatic heterocycles. The highest BCUT2D eigenvalue weighted by molar-refractivity contribution is 5.84. The highest BCUT2D eigenvalue weighted by Gasteiger charge is 2.19. The Hall–Kier alpha value is -2.01. The van der Waals surface area contributed by atoms with Crippen molar-refractivity contribution < 1.29 is 14.4 Å². The molecule has 2 atom stereocenters. The molecule has 1 amide bonds. The van der Waals surface area contributed by atoms with Crippen LogP contribution in [0.3, 0.4) is 0 Å². The molecule has 0 aliphatic rings. The molecule has 0 radical (unpaired) electrons. The molecule has 0 spiro atoms. The van der Waals surface area contributed by atoms with Crippen molar-refractivity contribution in [2.75, 3.05) is 7.05 Å². The first-order valence-electron chi connectivity index (χ1n) is 6.61. The maximum atomic E-state index is 12.1. The van der Waals surface area contributed by atoms with Crippen LogP contribution in [-0.2, 0) is 20.8 Å². The molecule has 0 saturated carbocycles. The largest absolute Gasteiger partial charge is 0.345 e. The standard InChI is InChI=1S/C15H20N2O3/c1-16-14(10-12-6-3-2-4-7-12)15(20)17-13(11-19)8-5-9-18/h2-4,6-7,9,11,13-14,16H,5,8,10H2,1H3,(H,17,20). The van der Waals surface area contributed by atoms with Crippen LogP contribution >= 0.6 is 0 Å². The van der Waals surface area contributed by atoms with E-state index in [1.807, 2.05) is 30.3 Å². The van der Waals surface area contributed by atoms with Gasteiger partial charge in [-0.25, -0.2) is 0 Å². The third-order valence-electron chi connectivity index (χ3n) is 3.04. The predicted octanol–water partition coefficient (Wildman–Crippen LogP) is 0.480. The third-order valence-corrected chi connectivity index (χ3v) is 3.04. The Morgan fingerprint density at radius 3 is 2.50 bits per heavy atom. The lowest BCUT2D eigenvalue weighted by Gasteiger charge is -2.19. The fourth-order valence-corrected chi connectivity index (χ4v) is 1.88. The number of benzene rings is 1. The van der Waals surface area contributed by atoms with Gasteiger partial charge in [-0.1, -0.05) is 30.3 Å². The van der Waals surface area contributed by atoms with E-state index in [4.69, 9.17) is 0 Å². The van der Waals surface area contributed by atoms with Crippen LogP contribution in [0.15, 0.2) is 30.3 Å². The van der Waals surface area contributed by atoms with Crippen molar-refractivity contribution in [3.63, 3.8) is 0 Å². The number of likely N-dealkylation sites (N-methyl/N-ethyl adjacent to an activating group) is 1. The minimum atomic E-state index is -0.612. The summed E-state index contributed by atoms with van der Waals surface area (Å²) in [5.41, 5.74) is 1.04. The number of nitrogens with one attached hydrogen (secondary N) is 2. The van der Waals surface area contributed by atoms with Gasteiger partial charge < -0.3 is 20.2 Å². The predicted molar refractivity (Wildman–Crippen MR) is 76.3 cm³/mol. The van der Waals surface area contributed by atoms with Gasteiger partial charge in [-0.15, -0.1) is 0 Å². The van der Waals surface area contributed by atoms with Gasteiger partial charge in [0.1, 0.15) is 12.6 Å². The first-order chi connectivity index (χ1) is 9.71. The zero-order chi connectivity index (χ0) is 14.8. The lowest BCUT2D eigenvalue weighted by atomic mass is 10.0. The second-order valence-electron chi connectivity index (χ2n) is 4.53. The second kappa shape index (κ2) is 8.98. The van der Waals surface area contributed by atoms with Gasteiger partial charge in [0.2, 0.25) is 5.91 Å². The molecule has 5 heteroatoms. The Labute approximate surface area is 118 Å². The van der Waals surface area contributed by atoms with E-state index in [1.165, 1.54) is 0 Å². The first kappa shape index (κ1) is 16.0. The van der Waals surface area contributed by atoms with E-state index in [-0.39, 0.29) is 12.3 Å². The van der Waals surface area contributed by atoms with Gasteiger partial charge in [0, 0.05) is 6.42 Å². The number of aldehydes is 2. The molecule has 2 unspecified atom stereocenters. The molecule has 1 aromatic rings. The summed E-state index contributed by atoms with van der Waals surface area (Å²) >= 11 is 0. The van der Waals surface area contributed by atoms with Crippen molar-refractivity contribution in [3.8, 4) is 0 Å². The molecular weight excluding hydrogens is 256 g/mol. The van der Waals surface area contributed by atoms with E-state index < -0.39 is 12.1 Å². The molecule has 2 N–H and O–H groups in total. The first-order valence-corrected chi connectivity index (χ1v) is 6.61. The minimum absolute atomic E-state index is 0.237. The summed E-state index contributed by atoms with van der Waals surface area (Å²) < 4.78 is 0. The van der Waals surface area contributed by atoms with Crippen LogP contribution in [0.5, 0.6) is 0 Å². The number of hydrogen-bond acceptors (Lipinski definition) is 4. The van der Waals surface area contributed by atoms with Crippen LogP contribution < -0.4 is 10.6 Å². The van der Waals surface area contributed by atoms with Crippen LogP contribution in [0.25, 0.3) is 0 Å². The number of amides is 1. The molecule has 5 nitrogen and oxygen atoms in total. The lowest BCUT2D eigenvalue weighted by molar-refractivity contribution is -0.126. The van der Waals surface area contributed by atoms with E-state index in [0.717, 1.165) is 11.8 Å². The molecule has 0 heterocycles. The lowest BCUT2D eigenvalue weighted by Crippen LogP contribution is -2.48. The highest BCUT2D eigenvalue weighted by Crippen LogP contribution is 2.04. The molecule has 1 aromatic carbocycles. The molecule has 20 heavy (non-hydrogen) atoms. The molecule has 0 aliphatic heterocycles. The molecule has 0 aliphatic carbocycles. The Morgan fingerprint density at radius 1 is 1.25 bits per heavy atom. The fourth-order valence-electron chi connectivity index (χ4n) is 1.88. The highest BCUT2D eigenvalue weighted by atomic mass is 16.2. The average molecular weight is 276 g/mol. The van der Waals surface area contributed by atoms with Crippen molar-refractivity contribution in [2.45, 2.75) is 31.3 Å². The quantitative estimate of drug-likeness (QED) is 0.643. The van der Waals surface area contributed by atoms with Crippen molar-refractivity contribution >= 4 is 18.5 Å². The topological polar surface area (TPSA) is 75.3 Å². The van der Waals surface area contributed by atoms with Crippen molar-refractivity contribution in [3.05, 3.63) is 35.9 Å². The molecule has 0 bridgehead atoms. The molecule has 0 fully saturated rings. The van der Waals surface area contributed by atoms with E-state index in [9.17, 15) is 14.4 Å². The summed E-state index contributed by atoms with van der Waals surface area (Å²) in [6, 6.07) is 8.62. The van der Waals surface area contributed by atoms with E-state index in [2.05, 4.69) is 10.6 Å². The van der Waals surface area contributed by atoms with Gasteiger partial charge in [0.05, 0.1) is 12.1 Å². The summed E-state index contributed by atoms with van der Waals surface area (Å²) in [7, 11) is 1.70. The van der Waals surface area contributed by atoms with E-state index in [1.54, 1.807) is 7.05 Å². The van der Waals surface area contributed by atoms with Crippen LogP contribution in [0.1, 0.15) is 18.4 Å². The van der Waals surface area contributed by atoms with Gasteiger partial charge >= 0.3 is 0 Å². The molecule has 1 rings (SSSR count). The van der Waals surface area contributed by atoms with Gasteiger partial charge in [0.15, 0.2) is 0 Å². The summed E-state index contributed by atoms with van der Waals surface area (Å²) in [4.78, 5) is 33.3. The monoisotopic (exact) mass is 276 g/mol. The second-order valence-corrected chi connectivity index (χ2v) is 4.53. The van der Waals surface area contributed by atoms with Crippen LogP contribution in [0, 0.1) is 0 Å². The number of hydrogen-bond donors (Lipinski definition) is 2. The maximum Gasteiger partial charge on any atom is 0.238 e. The maximum absolute atomic E-state index is 12.1.